The van der Waals surface area contributed by atoms with Crippen LogP contribution in [0.15, 0.2) is 41.5 Å². The summed E-state index contributed by atoms with van der Waals surface area (Å²) in [4.78, 5) is 26.6. The van der Waals surface area contributed by atoms with Crippen molar-refractivity contribution in [3.05, 3.63) is 69.1 Å². The van der Waals surface area contributed by atoms with Gasteiger partial charge in [-0.2, -0.15) is 0 Å². The molecule has 1 aliphatic heterocycles. The van der Waals surface area contributed by atoms with Crippen LogP contribution in [0.3, 0.4) is 0 Å². The summed E-state index contributed by atoms with van der Waals surface area (Å²) < 4.78 is 5.88. The summed E-state index contributed by atoms with van der Waals surface area (Å²) >= 11 is 0. The van der Waals surface area contributed by atoms with Crippen LogP contribution in [0.4, 0.5) is 0 Å². The molecule has 120 valence electrons. The predicted octanol–water partition coefficient (Wildman–Crippen LogP) is 4.16. The fourth-order valence-electron chi connectivity index (χ4n) is 2.75. The second-order valence-corrected chi connectivity index (χ2v) is 5.74. The van der Waals surface area contributed by atoms with Crippen molar-refractivity contribution in [2.24, 2.45) is 5.11 Å². The second kappa shape index (κ2) is 6.56. The first-order chi connectivity index (χ1) is 11.6. The quantitative estimate of drug-likeness (QED) is 0.481. The monoisotopic (exact) mass is 321 g/mol. The van der Waals surface area contributed by atoms with Crippen LogP contribution in [-0.4, -0.2) is 11.6 Å². The highest BCUT2D eigenvalue weighted by molar-refractivity contribution is 6.01. The van der Waals surface area contributed by atoms with Gasteiger partial charge in [-0.15, -0.1) is 0 Å². The largest absolute Gasteiger partial charge is 0.456 e. The smallest absolute Gasteiger partial charge is 0.171 e. The van der Waals surface area contributed by atoms with Crippen LogP contribution in [0, 0.1) is 0 Å². The summed E-state index contributed by atoms with van der Waals surface area (Å²) in [5.41, 5.74) is 11.3. The van der Waals surface area contributed by atoms with Gasteiger partial charge in [0.05, 0.1) is 12.1 Å². The third-order valence-electron chi connectivity index (χ3n) is 3.81. The first kappa shape index (κ1) is 15.8. The van der Waals surface area contributed by atoms with Crippen LogP contribution in [0.5, 0.6) is 11.5 Å². The van der Waals surface area contributed by atoms with Crippen molar-refractivity contribution in [1.29, 1.82) is 0 Å². The van der Waals surface area contributed by atoms with E-state index in [4.69, 9.17) is 10.3 Å². The van der Waals surface area contributed by atoms with Gasteiger partial charge in [0.15, 0.2) is 5.78 Å². The van der Waals surface area contributed by atoms with E-state index in [0.717, 1.165) is 16.7 Å². The molecule has 0 N–H and O–H groups in total. The molecule has 2 aromatic carbocycles. The minimum atomic E-state index is -0.0601. The molecule has 6 nitrogen and oxygen atoms in total. The molecule has 0 saturated carbocycles. The zero-order valence-corrected chi connectivity index (χ0v) is 13.2. The lowest BCUT2D eigenvalue weighted by Crippen LogP contribution is -2.04. The van der Waals surface area contributed by atoms with Crippen molar-refractivity contribution in [2.75, 3.05) is 0 Å². The summed E-state index contributed by atoms with van der Waals surface area (Å²) in [6.07, 6.45) is 0.500. The number of benzene rings is 2. The fraction of sp³-hybridized carbons (Fsp3) is 0.222. The van der Waals surface area contributed by atoms with Crippen LogP contribution in [-0.2, 0) is 24.2 Å². The number of azide groups is 1. The lowest BCUT2D eigenvalue weighted by atomic mass is 9.99. The summed E-state index contributed by atoms with van der Waals surface area (Å²) in [6.45, 7) is 1.75. The van der Waals surface area contributed by atoms with Crippen molar-refractivity contribution in [3.8, 4) is 11.5 Å². The van der Waals surface area contributed by atoms with Gasteiger partial charge < -0.3 is 4.74 Å². The number of carbonyl (C=O) groups is 2. The third kappa shape index (κ3) is 3.29. The first-order valence-corrected chi connectivity index (χ1v) is 7.53. The third-order valence-corrected chi connectivity index (χ3v) is 3.81. The molecule has 3 rings (SSSR count). The molecule has 0 saturated heterocycles. The van der Waals surface area contributed by atoms with Crippen molar-refractivity contribution in [1.82, 2.24) is 0 Å². The van der Waals surface area contributed by atoms with Crippen LogP contribution in [0.25, 0.3) is 10.4 Å². The number of carbonyl (C=O) groups excluding carboxylic acids is 2. The van der Waals surface area contributed by atoms with Crippen LogP contribution in [0.2, 0.25) is 0 Å². The minimum absolute atomic E-state index is 0.0444. The number of hydrogen-bond acceptors (Lipinski definition) is 4. The normalized spacial score (nSPS) is 12.3. The van der Waals surface area contributed by atoms with E-state index in [-0.39, 0.29) is 24.5 Å². The van der Waals surface area contributed by atoms with Crippen molar-refractivity contribution >= 4 is 11.6 Å². The Hall–Kier alpha value is -3.11. The molecule has 1 aliphatic rings. The van der Waals surface area contributed by atoms with Gasteiger partial charge in [-0.25, -0.2) is 0 Å². The van der Waals surface area contributed by atoms with Gasteiger partial charge in [0.25, 0.3) is 0 Å². The van der Waals surface area contributed by atoms with Gasteiger partial charge in [-0.3, -0.25) is 9.59 Å². The van der Waals surface area contributed by atoms with Gasteiger partial charge in [0, 0.05) is 23.3 Å². The van der Waals surface area contributed by atoms with E-state index in [1.807, 2.05) is 12.1 Å². The predicted molar refractivity (Wildman–Crippen MR) is 88.2 cm³/mol. The molecule has 0 fully saturated rings. The number of hydrogen-bond donors (Lipinski definition) is 0. The molecule has 0 radical (unpaired) electrons. The lowest BCUT2D eigenvalue weighted by Gasteiger charge is -2.10. The number of nitrogens with zero attached hydrogens (tertiary/aromatic N) is 3. The maximum Gasteiger partial charge on any atom is 0.171 e. The Morgan fingerprint density at radius 2 is 1.96 bits per heavy atom. The van der Waals surface area contributed by atoms with Crippen molar-refractivity contribution in [2.45, 2.75) is 26.3 Å². The van der Waals surface area contributed by atoms with Crippen LogP contribution < -0.4 is 4.74 Å². The van der Waals surface area contributed by atoms with E-state index < -0.39 is 0 Å². The Balaban J connectivity index is 1.96. The van der Waals surface area contributed by atoms with Crippen molar-refractivity contribution < 1.29 is 14.3 Å². The summed E-state index contributed by atoms with van der Waals surface area (Å²) in [5, 5.41) is 3.53. The Morgan fingerprint density at radius 1 is 1.21 bits per heavy atom. The topological polar surface area (TPSA) is 92.1 Å². The zero-order chi connectivity index (χ0) is 17.1. The average Bonchev–Trinajstić information content (AvgIpc) is 2.68. The summed E-state index contributed by atoms with van der Waals surface area (Å²) in [5.74, 6) is 1.10. The van der Waals surface area contributed by atoms with E-state index in [1.54, 1.807) is 24.3 Å². The van der Waals surface area contributed by atoms with E-state index in [1.165, 1.54) is 6.92 Å². The highest BCUT2D eigenvalue weighted by Gasteiger charge is 2.22. The maximum absolute atomic E-state index is 12.6. The van der Waals surface area contributed by atoms with E-state index in [2.05, 4.69) is 10.0 Å². The Bertz CT molecular complexity index is 883. The van der Waals surface area contributed by atoms with Gasteiger partial charge in [0.2, 0.25) is 0 Å². The minimum Gasteiger partial charge on any atom is -0.456 e. The van der Waals surface area contributed by atoms with E-state index in [0.29, 0.717) is 23.5 Å². The Morgan fingerprint density at radius 3 is 2.71 bits per heavy atom. The molecule has 0 unspecified atom stereocenters. The molecule has 1 heterocycles. The number of ketones is 2. The second-order valence-electron chi connectivity index (χ2n) is 5.74. The standard InChI is InChI=1S/C18H15N3O3/c1-11(22)6-12-2-5-18-15(8-12)16(23)9-14-7-13(10-20-21-19)3-4-17(14)24-18/h2-5,7-8H,6,9-10H2,1H3. The number of Topliss-reactive ketones (excluding diaryl/α,β-unsaturated/α-hetero) is 2. The molecule has 24 heavy (non-hydrogen) atoms. The van der Waals surface area contributed by atoms with Crippen LogP contribution >= 0.6 is 0 Å². The van der Waals surface area contributed by atoms with Crippen molar-refractivity contribution in [3.63, 3.8) is 0 Å². The molecule has 0 aromatic heterocycles. The molecule has 2 aromatic rings. The maximum atomic E-state index is 12.6. The average molecular weight is 321 g/mol. The molecular weight excluding hydrogens is 306 g/mol. The molecule has 0 atom stereocenters. The lowest BCUT2D eigenvalue weighted by molar-refractivity contribution is -0.116. The van der Waals surface area contributed by atoms with Gasteiger partial charge >= 0.3 is 0 Å². The number of fused-ring (bicyclic) bond motifs is 2. The van der Waals surface area contributed by atoms with Gasteiger partial charge in [-0.05, 0) is 41.8 Å². The summed E-state index contributed by atoms with van der Waals surface area (Å²) in [6, 6.07) is 10.7. The van der Waals surface area contributed by atoms with Crippen LogP contribution in [0.1, 0.15) is 34.0 Å². The molecule has 0 bridgehead atoms. The van der Waals surface area contributed by atoms with E-state index in [9.17, 15) is 9.59 Å². The molecule has 0 amide bonds. The first-order valence-electron chi connectivity index (χ1n) is 7.53. The fourth-order valence-corrected chi connectivity index (χ4v) is 2.75. The van der Waals surface area contributed by atoms with Gasteiger partial charge in [0.1, 0.15) is 17.3 Å². The molecule has 0 aliphatic carbocycles. The summed E-state index contributed by atoms with van der Waals surface area (Å²) in [7, 11) is 0. The molecule has 0 spiro atoms. The highest BCUT2D eigenvalue weighted by atomic mass is 16.5. The zero-order valence-electron chi connectivity index (χ0n) is 13.2. The molecular formula is C18H15N3O3. The SMILES string of the molecule is CC(=O)Cc1ccc2c(c1)C(=O)Cc1cc(CN=[N+]=[N-])ccc1O2. The Labute approximate surface area is 138 Å². The Kier molecular flexibility index (Phi) is 4.31. The number of ether oxygens (including phenoxy) is 1. The number of rotatable bonds is 4. The van der Waals surface area contributed by atoms with Gasteiger partial charge in [-0.1, -0.05) is 23.3 Å². The molecule has 6 heteroatoms. The highest BCUT2D eigenvalue weighted by Crippen LogP contribution is 2.34. The van der Waals surface area contributed by atoms with E-state index >= 15 is 0 Å².